The van der Waals surface area contributed by atoms with E-state index in [1.165, 1.54) is 37.3 Å². The van der Waals surface area contributed by atoms with Crippen molar-refractivity contribution >= 4 is 39.1 Å². The van der Waals surface area contributed by atoms with Gasteiger partial charge in [0.25, 0.3) is 10.0 Å². The number of hydrogen-bond donors (Lipinski definition) is 1. The Morgan fingerprint density at radius 3 is 2.27 bits per heavy atom. The van der Waals surface area contributed by atoms with Crippen molar-refractivity contribution in [2.45, 2.75) is 51.1 Å². The number of hydrogen-bond acceptors (Lipinski definition) is 7. The Morgan fingerprint density at radius 2 is 1.66 bits per heavy atom. The third kappa shape index (κ3) is 8.79. The smallest absolute Gasteiger partial charge is 0.264 e. The van der Waals surface area contributed by atoms with E-state index in [2.05, 4.69) is 5.32 Å². The van der Waals surface area contributed by atoms with Gasteiger partial charge in [0, 0.05) is 24.2 Å². The van der Waals surface area contributed by atoms with Crippen LogP contribution < -0.4 is 23.8 Å². The van der Waals surface area contributed by atoms with E-state index in [0.29, 0.717) is 35.2 Å². The maximum absolute atomic E-state index is 14.2. The summed E-state index contributed by atoms with van der Waals surface area (Å²) in [6, 6.07) is 16.7. The Bertz CT molecular complexity index is 1520. The van der Waals surface area contributed by atoms with Crippen LogP contribution in [-0.2, 0) is 26.2 Å². The number of benzene rings is 3. The highest BCUT2D eigenvalue weighted by atomic mass is 35.5. The molecule has 0 radical (unpaired) electrons. The molecule has 0 unspecified atom stereocenters. The van der Waals surface area contributed by atoms with Gasteiger partial charge in [0.2, 0.25) is 11.8 Å². The normalized spacial score (nSPS) is 11.8. The van der Waals surface area contributed by atoms with Gasteiger partial charge in [-0.3, -0.25) is 13.9 Å². The lowest BCUT2D eigenvalue weighted by atomic mass is 10.1. The van der Waals surface area contributed by atoms with Crippen LogP contribution in [0, 0.1) is 0 Å². The lowest BCUT2D eigenvalue weighted by Crippen LogP contribution is -2.51. The minimum absolute atomic E-state index is 0.0370. The van der Waals surface area contributed by atoms with Crippen molar-refractivity contribution in [1.82, 2.24) is 10.2 Å². The summed E-state index contributed by atoms with van der Waals surface area (Å²) >= 11 is 6.21. The van der Waals surface area contributed by atoms with Crippen LogP contribution in [0.2, 0.25) is 5.02 Å². The monoisotopic (exact) mass is 645 g/mol. The number of anilines is 1. The van der Waals surface area contributed by atoms with Crippen LogP contribution in [0.3, 0.4) is 0 Å². The van der Waals surface area contributed by atoms with Gasteiger partial charge >= 0.3 is 0 Å². The van der Waals surface area contributed by atoms with Crippen LogP contribution in [0.5, 0.6) is 17.2 Å². The molecule has 0 bridgehead atoms. The molecule has 1 N–H and O–H groups in total. The molecule has 44 heavy (non-hydrogen) atoms. The molecule has 0 aliphatic heterocycles. The highest BCUT2D eigenvalue weighted by Crippen LogP contribution is 2.33. The van der Waals surface area contributed by atoms with Gasteiger partial charge in [-0.15, -0.1) is 0 Å². The summed E-state index contributed by atoms with van der Waals surface area (Å²) in [5.74, 6) is 0.188. The lowest BCUT2D eigenvalue weighted by Gasteiger charge is -2.32. The summed E-state index contributed by atoms with van der Waals surface area (Å²) in [5.41, 5.74) is 0.925. The number of rotatable bonds is 16. The number of sulfonamides is 1. The van der Waals surface area contributed by atoms with E-state index in [1.54, 1.807) is 55.5 Å². The fourth-order valence-corrected chi connectivity index (χ4v) is 6.10. The van der Waals surface area contributed by atoms with Crippen molar-refractivity contribution in [2.75, 3.05) is 38.2 Å². The van der Waals surface area contributed by atoms with Gasteiger partial charge in [-0.1, -0.05) is 37.1 Å². The zero-order chi connectivity index (χ0) is 32.3. The Morgan fingerprint density at radius 1 is 0.955 bits per heavy atom. The summed E-state index contributed by atoms with van der Waals surface area (Å²) in [6.07, 6.45) is 1.68. The van der Waals surface area contributed by atoms with Crippen LogP contribution in [0.15, 0.2) is 71.6 Å². The SMILES string of the molecule is CCCCNC(=O)[C@H](C)N(Cc1cccc(Cl)c1)C(=O)CN(c1ccc(OCC)cc1)S(=O)(=O)c1ccc(OC)c(OC)c1. The van der Waals surface area contributed by atoms with Gasteiger partial charge in [0.1, 0.15) is 18.3 Å². The molecule has 3 aromatic rings. The molecule has 0 heterocycles. The highest BCUT2D eigenvalue weighted by Gasteiger charge is 2.33. The van der Waals surface area contributed by atoms with Gasteiger partial charge < -0.3 is 24.4 Å². The van der Waals surface area contributed by atoms with E-state index >= 15 is 0 Å². The predicted octanol–water partition coefficient (Wildman–Crippen LogP) is 5.28. The van der Waals surface area contributed by atoms with Crippen LogP contribution in [-0.4, -0.2) is 65.1 Å². The molecule has 238 valence electrons. The fraction of sp³-hybridized carbons (Fsp3) is 0.375. The van der Waals surface area contributed by atoms with E-state index in [1.807, 2.05) is 13.8 Å². The first-order valence-electron chi connectivity index (χ1n) is 14.3. The molecule has 12 heteroatoms. The van der Waals surface area contributed by atoms with Gasteiger partial charge in [-0.25, -0.2) is 8.42 Å². The van der Waals surface area contributed by atoms with Crippen LogP contribution in [0.25, 0.3) is 0 Å². The summed E-state index contributed by atoms with van der Waals surface area (Å²) in [5, 5.41) is 3.34. The first-order valence-corrected chi connectivity index (χ1v) is 16.2. The molecule has 0 saturated heterocycles. The van der Waals surface area contributed by atoms with Crippen molar-refractivity contribution in [2.24, 2.45) is 0 Å². The van der Waals surface area contributed by atoms with E-state index in [-0.39, 0.29) is 28.8 Å². The van der Waals surface area contributed by atoms with Crippen LogP contribution >= 0.6 is 11.6 Å². The number of carbonyl (C=O) groups excluding carboxylic acids is 2. The van der Waals surface area contributed by atoms with Crippen molar-refractivity contribution in [1.29, 1.82) is 0 Å². The number of unbranched alkanes of at least 4 members (excludes halogenated alkanes) is 1. The van der Waals surface area contributed by atoms with Gasteiger partial charge in [-0.2, -0.15) is 0 Å². The topological polar surface area (TPSA) is 114 Å². The minimum Gasteiger partial charge on any atom is -0.494 e. The molecular weight excluding hydrogens is 606 g/mol. The first kappa shape index (κ1) is 34.5. The Hall–Kier alpha value is -3.96. The number of carbonyl (C=O) groups is 2. The number of methoxy groups -OCH3 is 2. The molecule has 0 aliphatic carbocycles. The first-order chi connectivity index (χ1) is 21.0. The zero-order valence-corrected chi connectivity index (χ0v) is 27.3. The molecular formula is C32H40ClN3O7S. The molecule has 1 atom stereocenters. The highest BCUT2D eigenvalue weighted by molar-refractivity contribution is 7.92. The standard InChI is InChI=1S/C32H40ClN3O7S/c1-6-8-18-34-32(38)23(3)35(21-24-10-9-11-25(33)19-24)31(37)22-36(26-12-14-27(15-13-26)43-7-2)44(39,40)28-16-17-29(41-4)30(20-28)42-5/h9-17,19-20,23H,6-8,18,21-22H2,1-5H3,(H,34,38)/t23-/m0/s1. The summed E-state index contributed by atoms with van der Waals surface area (Å²) in [7, 11) is -1.47. The second kappa shape index (κ2) is 16.2. The van der Waals surface area contributed by atoms with E-state index in [0.717, 1.165) is 17.1 Å². The summed E-state index contributed by atoms with van der Waals surface area (Å²) in [4.78, 5) is 28.5. The van der Waals surface area contributed by atoms with Gasteiger partial charge in [0.15, 0.2) is 11.5 Å². The Balaban J connectivity index is 2.06. The number of halogens is 1. The molecule has 0 saturated carbocycles. The number of ether oxygens (including phenoxy) is 3. The average Bonchev–Trinajstić information content (AvgIpc) is 3.02. The second-order valence-electron chi connectivity index (χ2n) is 9.93. The molecule has 0 aliphatic rings. The second-order valence-corrected chi connectivity index (χ2v) is 12.2. The van der Waals surface area contributed by atoms with Crippen LogP contribution in [0.1, 0.15) is 39.2 Å². The molecule has 2 amide bonds. The summed E-state index contributed by atoms with van der Waals surface area (Å²) < 4.78 is 45.5. The van der Waals surface area contributed by atoms with Crippen molar-refractivity contribution in [3.8, 4) is 17.2 Å². The van der Waals surface area contributed by atoms with E-state index < -0.39 is 28.5 Å². The molecule has 3 aromatic carbocycles. The molecule has 0 fully saturated rings. The summed E-state index contributed by atoms with van der Waals surface area (Å²) in [6.45, 7) is 5.82. The fourth-order valence-electron chi connectivity index (χ4n) is 4.46. The quantitative estimate of drug-likeness (QED) is 0.211. The van der Waals surface area contributed by atoms with E-state index in [9.17, 15) is 18.0 Å². The van der Waals surface area contributed by atoms with Gasteiger partial charge in [0.05, 0.1) is 31.4 Å². The molecule has 0 spiro atoms. The minimum atomic E-state index is -4.32. The van der Waals surface area contributed by atoms with E-state index in [4.69, 9.17) is 25.8 Å². The molecule has 3 rings (SSSR count). The Labute approximate surface area is 264 Å². The maximum Gasteiger partial charge on any atom is 0.264 e. The molecule has 0 aromatic heterocycles. The van der Waals surface area contributed by atoms with Gasteiger partial charge in [-0.05, 0) is 74.4 Å². The third-order valence-electron chi connectivity index (χ3n) is 6.90. The lowest BCUT2D eigenvalue weighted by molar-refractivity contribution is -0.139. The Kier molecular flexibility index (Phi) is 12.7. The van der Waals surface area contributed by atoms with Crippen molar-refractivity contribution in [3.05, 3.63) is 77.3 Å². The zero-order valence-electron chi connectivity index (χ0n) is 25.7. The number of nitrogens with zero attached hydrogens (tertiary/aromatic N) is 2. The van der Waals surface area contributed by atoms with Crippen molar-refractivity contribution < 1.29 is 32.2 Å². The van der Waals surface area contributed by atoms with Crippen molar-refractivity contribution in [3.63, 3.8) is 0 Å². The molecule has 10 nitrogen and oxygen atoms in total. The predicted molar refractivity (Wildman–Crippen MR) is 171 cm³/mol. The maximum atomic E-state index is 14.2. The third-order valence-corrected chi connectivity index (χ3v) is 8.90. The largest absolute Gasteiger partial charge is 0.494 e. The number of amides is 2. The number of nitrogens with one attached hydrogen (secondary N) is 1. The average molecular weight is 646 g/mol. The van der Waals surface area contributed by atoms with Crippen LogP contribution in [0.4, 0.5) is 5.69 Å².